The third-order valence-electron chi connectivity index (χ3n) is 1.16. The zero-order valence-corrected chi connectivity index (χ0v) is 8.04. The molecule has 0 spiro atoms. The number of halogens is 1. The molecule has 0 saturated heterocycles. The van der Waals surface area contributed by atoms with Crippen LogP contribution in [0.1, 0.15) is 13.8 Å². The first kappa shape index (κ1) is 11.9. The van der Waals surface area contributed by atoms with Gasteiger partial charge in [-0.15, -0.1) is 11.6 Å². The van der Waals surface area contributed by atoms with Crippen LogP contribution in [-0.2, 0) is 14.3 Å². The molecule has 0 aliphatic heterocycles. The van der Waals surface area contributed by atoms with Crippen molar-refractivity contribution in [2.24, 2.45) is 5.16 Å². The third kappa shape index (κ3) is 3.42. The van der Waals surface area contributed by atoms with Crippen molar-refractivity contribution in [1.82, 2.24) is 0 Å². The number of hydrogen-bond acceptors (Lipinski definition) is 5. The Labute approximate surface area is 80.3 Å². The van der Waals surface area contributed by atoms with Gasteiger partial charge in [0.25, 0.3) is 0 Å². The van der Waals surface area contributed by atoms with Gasteiger partial charge in [0.1, 0.15) is 0 Å². The number of rotatable bonds is 4. The lowest BCUT2D eigenvalue weighted by molar-refractivity contribution is -0.135. The SMILES string of the molecule is CCOC(=O)C(=NO)C(=O)C(C)Cl. The molecule has 0 amide bonds. The van der Waals surface area contributed by atoms with Gasteiger partial charge < -0.3 is 9.94 Å². The van der Waals surface area contributed by atoms with E-state index in [4.69, 9.17) is 16.8 Å². The minimum atomic E-state index is -0.970. The quantitative estimate of drug-likeness (QED) is 0.183. The second-order valence-electron chi connectivity index (χ2n) is 2.15. The summed E-state index contributed by atoms with van der Waals surface area (Å²) in [7, 11) is 0. The minimum Gasteiger partial charge on any atom is -0.461 e. The Balaban J connectivity index is 4.54. The maximum absolute atomic E-state index is 11.1. The van der Waals surface area contributed by atoms with Crippen molar-refractivity contribution >= 4 is 29.1 Å². The van der Waals surface area contributed by atoms with E-state index in [2.05, 4.69) is 9.89 Å². The number of esters is 1. The summed E-state index contributed by atoms with van der Waals surface area (Å²) in [6.07, 6.45) is 0. The van der Waals surface area contributed by atoms with Crippen molar-refractivity contribution in [1.29, 1.82) is 0 Å². The number of carbonyl (C=O) groups is 2. The van der Waals surface area contributed by atoms with Gasteiger partial charge in [-0.1, -0.05) is 5.16 Å². The molecule has 74 valence electrons. The standard InChI is InChI=1S/C7H10ClNO4/c1-3-13-7(11)5(9-12)6(10)4(2)8/h4,12H,3H2,1-2H3. The molecule has 0 aromatic carbocycles. The van der Waals surface area contributed by atoms with Crippen LogP contribution in [-0.4, -0.2) is 34.7 Å². The number of hydrogen-bond donors (Lipinski definition) is 1. The lowest BCUT2D eigenvalue weighted by Gasteiger charge is -2.03. The highest BCUT2D eigenvalue weighted by molar-refractivity contribution is 6.68. The normalized spacial score (nSPS) is 13.6. The van der Waals surface area contributed by atoms with E-state index < -0.39 is 22.8 Å². The minimum absolute atomic E-state index is 0.0990. The van der Waals surface area contributed by atoms with Crippen molar-refractivity contribution in [3.8, 4) is 0 Å². The highest BCUT2D eigenvalue weighted by Crippen LogP contribution is 1.99. The number of nitrogens with zero attached hydrogens (tertiary/aromatic N) is 1. The molecule has 1 N–H and O–H groups in total. The molecule has 0 radical (unpaired) electrons. The van der Waals surface area contributed by atoms with Crippen LogP contribution in [0.25, 0.3) is 0 Å². The lowest BCUT2D eigenvalue weighted by Crippen LogP contribution is -2.31. The Hall–Kier alpha value is -1.10. The fraction of sp³-hybridized carbons (Fsp3) is 0.571. The lowest BCUT2D eigenvalue weighted by atomic mass is 10.2. The van der Waals surface area contributed by atoms with Gasteiger partial charge in [0.05, 0.1) is 12.0 Å². The second kappa shape index (κ2) is 5.53. The van der Waals surface area contributed by atoms with E-state index in [1.54, 1.807) is 6.92 Å². The molecule has 0 aromatic heterocycles. The molecule has 1 unspecified atom stereocenters. The van der Waals surface area contributed by atoms with Crippen LogP contribution in [0, 0.1) is 0 Å². The van der Waals surface area contributed by atoms with Crippen LogP contribution in [0.5, 0.6) is 0 Å². The second-order valence-corrected chi connectivity index (χ2v) is 2.80. The van der Waals surface area contributed by atoms with Crippen LogP contribution >= 0.6 is 11.6 Å². The van der Waals surface area contributed by atoms with Crippen LogP contribution in [0.4, 0.5) is 0 Å². The number of oxime groups is 1. The summed E-state index contributed by atoms with van der Waals surface area (Å²) in [4.78, 5) is 22.0. The van der Waals surface area contributed by atoms with Crippen molar-refractivity contribution in [2.75, 3.05) is 6.61 Å². The smallest absolute Gasteiger partial charge is 0.364 e. The fourth-order valence-corrected chi connectivity index (χ4v) is 0.682. The summed E-state index contributed by atoms with van der Waals surface area (Å²) >= 11 is 5.40. The van der Waals surface area contributed by atoms with Gasteiger partial charge in [-0.25, -0.2) is 4.79 Å². The van der Waals surface area contributed by atoms with E-state index in [1.165, 1.54) is 6.92 Å². The Kier molecular flexibility index (Phi) is 5.06. The number of carbonyl (C=O) groups excluding carboxylic acids is 2. The van der Waals surface area contributed by atoms with Crippen LogP contribution in [0.15, 0.2) is 5.16 Å². The number of alkyl halides is 1. The van der Waals surface area contributed by atoms with Gasteiger partial charge in [-0.05, 0) is 13.8 Å². The first-order valence-electron chi connectivity index (χ1n) is 3.62. The molecule has 1 atom stereocenters. The largest absolute Gasteiger partial charge is 0.461 e. The molecule has 0 bridgehead atoms. The van der Waals surface area contributed by atoms with E-state index >= 15 is 0 Å². The fourth-order valence-electron chi connectivity index (χ4n) is 0.579. The maximum Gasteiger partial charge on any atom is 0.364 e. The van der Waals surface area contributed by atoms with Crippen molar-refractivity contribution in [2.45, 2.75) is 19.2 Å². The average Bonchev–Trinajstić information content (AvgIpc) is 2.05. The first-order chi connectivity index (χ1) is 6.04. The number of ether oxygens (including phenoxy) is 1. The Morgan fingerprint density at radius 1 is 1.62 bits per heavy atom. The number of ketones is 1. The summed E-state index contributed by atoms with van der Waals surface area (Å²) in [5.41, 5.74) is -0.677. The van der Waals surface area contributed by atoms with E-state index in [0.717, 1.165) is 0 Å². The Bertz CT molecular complexity index is 237. The van der Waals surface area contributed by atoms with E-state index in [9.17, 15) is 9.59 Å². The van der Waals surface area contributed by atoms with Crippen molar-refractivity contribution < 1.29 is 19.5 Å². The molecule has 0 heterocycles. The van der Waals surface area contributed by atoms with Gasteiger partial charge in [-0.3, -0.25) is 4.79 Å². The molecule has 0 aliphatic carbocycles. The Morgan fingerprint density at radius 2 is 2.15 bits per heavy atom. The monoisotopic (exact) mass is 207 g/mol. The summed E-state index contributed by atoms with van der Waals surface area (Å²) in [5, 5.41) is 9.96. The predicted molar refractivity (Wildman–Crippen MR) is 46.2 cm³/mol. The average molecular weight is 208 g/mol. The summed E-state index contributed by atoms with van der Waals surface area (Å²) in [6.45, 7) is 3.04. The highest BCUT2D eigenvalue weighted by Gasteiger charge is 2.25. The van der Waals surface area contributed by atoms with E-state index in [-0.39, 0.29) is 6.61 Å². The zero-order chi connectivity index (χ0) is 10.4. The molecular weight excluding hydrogens is 198 g/mol. The summed E-state index contributed by atoms with van der Waals surface area (Å²) in [5.74, 6) is -1.73. The molecular formula is C7H10ClNO4. The highest BCUT2D eigenvalue weighted by atomic mass is 35.5. The van der Waals surface area contributed by atoms with Gasteiger partial charge in [0.15, 0.2) is 0 Å². The maximum atomic E-state index is 11.1. The molecule has 0 saturated carbocycles. The van der Waals surface area contributed by atoms with Gasteiger partial charge in [0, 0.05) is 0 Å². The molecule has 0 aromatic rings. The van der Waals surface area contributed by atoms with Crippen LogP contribution in [0.2, 0.25) is 0 Å². The van der Waals surface area contributed by atoms with Crippen LogP contribution in [0.3, 0.4) is 0 Å². The zero-order valence-electron chi connectivity index (χ0n) is 7.28. The summed E-state index contributed by atoms with van der Waals surface area (Å²) in [6, 6.07) is 0. The van der Waals surface area contributed by atoms with Crippen LogP contribution < -0.4 is 0 Å². The number of Topliss-reactive ketones (excluding diaryl/α,β-unsaturated/α-hetero) is 1. The molecule has 13 heavy (non-hydrogen) atoms. The van der Waals surface area contributed by atoms with E-state index in [0.29, 0.717) is 0 Å². The van der Waals surface area contributed by atoms with Gasteiger partial charge >= 0.3 is 5.97 Å². The van der Waals surface area contributed by atoms with Gasteiger partial charge in [0.2, 0.25) is 11.5 Å². The molecule has 0 aliphatic rings. The van der Waals surface area contributed by atoms with Gasteiger partial charge in [-0.2, -0.15) is 0 Å². The summed E-state index contributed by atoms with van der Waals surface area (Å²) < 4.78 is 4.46. The van der Waals surface area contributed by atoms with E-state index in [1.807, 2.05) is 0 Å². The van der Waals surface area contributed by atoms with Crippen molar-refractivity contribution in [3.63, 3.8) is 0 Å². The van der Waals surface area contributed by atoms with Crippen molar-refractivity contribution in [3.05, 3.63) is 0 Å². The molecule has 0 rings (SSSR count). The third-order valence-corrected chi connectivity index (χ3v) is 1.36. The molecule has 6 heteroatoms. The predicted octanol–water partition coefficient (Wildman–Crippen LogP) is 0.576. The first-order valence-corrected chi connectivity index (χ1v) is 4.05. The Morgan fingerprint density at radius 3 is 2.46 bits per heavy atom. The molecule has 0 fully saturated rings. The molecule has 5 nitrogen and oxygen atoms in total. The topological polar surface area (TPSA) is 76.0 Å².